The lowest BCUT2D eigenvalue weighted by molar-refractivity contribution is -0.131. The minimum Gasteiger partial charge on any atom is -0.356 e. The number of aromatic nitrogens is 1. The second kappa shape index (κ2) is 5.72. The van der Waals surface area contributed by atoms with Gasteiger partial charge in [-0.2, -0.15) is 0 Å². The van der Waals surface area contributed by atoms with Crippen LogP contribution < -0.4 is 0 Å². The van der Waals surface area contributed by atoms with E-state index in [0.717, 1.165) is 11.1 Å². The zero-order valence-electron chi connectivity index (χ0n) is 11.2. The molecule has 1 aliphatic heterocycles. The minimum atomic E-state index is -1.99. The number of rotatable bonds is 1. The fourth-order valence-corrected chi connectivity index (χ4v) is 2.77. The van der Waals surface area contributed by atoms with E-state index in [-0.39, 0.29) is 12.4 Å². The molecule has 22 heavy (non-hydrogen) atoms. The number of amides is 1. The third-order valence-electron chi connectivity index (χ3n) is 3.48. The van der Waals surface area contributed by atoms with Crippen molar-refractivity contribution in [3.05, 3.63) is 41.3 Å². The Morgan fingerprint density at radius 1 is 1.27 bits per heavy atom. The van der Waals surface area contributed by atoms with Crippen molar-refractivity contribution in [3.63, 3.8) is 0 Å². The van der Waals surface area contributed by atoms with E-state index >= 15 is 0 Å². The average molecular weight is 364 g/mol. The van der Waals surface area contributed by atoms with E-state index in [2.05, 4.69) is 5.16 Å². The molecule has 4 nitrogen and oxygen atoms in total. The summed E-state index contributed by atoms with van der Waals surface area (Å²) in [4.78, 5) is 13.4. The molecule has 0 N–H and O–H groups in total. The molecule has 2 heterocycles. The second-order valence-electron chi connectivity index (χ2n) is 4.92. The van der Waals surface area contributed by atoms with Gasteiger partial charge in [-0.15, -0.1) is 0 Å². The van der Waals surface area contributed by atoms with Crippen LogP contribution in [0.25, 0.3) is 11.3 Å². The average Bonchev–Trinajstić information content (AvgIpc) is 2.89. The molecule has 0 unspecified atom stereocenters. The van der Waals surface area contributed by atoms with Crippen LogP contribution >= 0.6 is 34.8 Å². The van der Waals surface area contributed by atoms with E-state index in [1.165, 1.54) is 17.0 Å². The fraction of sp³-hybridized carbons (Fsp3) is 0.286. The third-order valence-corrected chi connectivity index (χ3v) is 3.96. The first-order chi connectivity index (χ1) is 10.4. The Morgan fingerprint density at radius 2 is 1.95 bits per heavy atom. The summed E-state index contributed by atoms with van der Waals surface area (Å²) in [5.74, 6) is -0.331. The van der Waals surface area contributed by atoms with Crippen LogP contribution in [0.2, 0.25) is 0 Å². The SMILES string of the molecule is O=C(N1CCc2c(noc2-c2ccc(F)cc2)C1)C(Cl)(Cl)Cl. The Hall–Kier alpha value is -1.30. The highest BCUT2D eigenvalue weighted by atomic mass is 35.6. The standard InChI is InChI=1S/C14H10Cl3FN2O2/c15-14(16,17)13(21)20-6-5-10-11(7-20)19-22-12(10)8-1-3-9(18)4-2-8/h1-4H,5-7H2. The first-order valence-corrected chi connectivity index (χ1v) is 7.59. The maximum absolute atomic E-state index is 13.0. The molecule has 0 radical (unpaired) electrons. The van der Waals surface area contributed by atoms with Gasteiger partial charge in [-0.25, -0.2) is 4.39 Å². The number of benzene rings is 1. The monoisotopic (exact) mass is 362 g/mol. The summed E-state index contributed by atoms with van der Waals surface area (Å²) < 4.78 is 16.4. The summed E-state index contributed by atoms with van der Waals surface area (Å²) >= 11 is 16.9. The summed E-state index contributed by atoms with van der Waals surface area (Å²) in [6, 6.07) is 5.95. The molecule has 3 rings (SSSR count). The van der Waals surface area contributed by atoms with Gasteiger partial charge in [-0.05, 0) is 30.7 Å². The Kier molecular flexibility index (Phi) is 4.05. The van der Waals surface area contributed by atoms with Gasteiger partial charge < -0.3 is 9.42 Å². The largest absolute Gasteiger partial charge is 0.356 e. The summed E-state index contributed by atoms with van der Waals surface area (Å²) in [5.41, 5.74) is 2.24. The summed E-state index contributed by atoms with van der Waals surface area (Å²) in [6.45, 7) is 0.613. The molecule has 1 amide bonds. The highest BCUT2D eigenvalue weighted by Gasteiger charge is 2.37. The summed E-state index contributed by atoms with van der Waals surface area (Å²) in [7, 11) is 0. The molecule has 1 aromatic heterocycles. The molecule has 1 aromatic carbocycles. The second-order valence-corrected chi connectivity index (χ2v) is 7.20. The Morgan fingerprint density at radius 3 is 2.59 bits per heavy atom. The molecule has 0 bridgehead atoms. The molecule has 1 aliphatic rings. The number of hydrogen-bond acceptors (Lipinski definition) is 3. The molecular formula is C14H10Cl3FN2O2. The summed E-state index contributed by atoms with van der Waals surface area (Å²) in [6.07, 6.45) is 0.526. The first-order valence-electron chi connectivity index (χ1n) is 6.45. The van der Waals surface area contributed by atoms with Crippen molar-refractivity contribution in [1.29, 1.82) is 0 Å². The maximum atomic E-state index is 13.0. The van der Waals surface area contributed by atoms with Crippen molar-refractivity contribution in [2.24, 2.45) is 0 Å². The van der Waals surface area contributed by atoms with E-state index in [0.29, 0.717) is 24.4 Å². The molecular weight excluding hydrogens is 354 g/mol. The van der Waals surface area contributed by atoms with Crippen LogP contribution in [-0.2, 0) is 17.8 Å². The van der Waals surface area contributed by atoms with Crippen LogP contribution in [0.4, 0.5) is 4.39 Å². The van der Waals surface area contributed by atoms with Crippen molar-refractivity contribution >= 4 is 40.7 Å². The van der Waals surface area contributed by atoms with E-state index in [1.807, 2.05) is 0 Å². The van der Waals surface area contributed by atoms with E-state index in [9.17, 15) is 9.18 Å². The Labute approximate surface area is 140 Å². The molecule has 0 spiro atoms. The number of carbonyl (C=O) groups is 1. The lowest BCUT2D eigenvalue weighted by atomic mass is 10.0. The van der Waals surface area contributed by atoms with Crippen molar-refractivity contribution in [1.82, 2.24) is 10.1 Å². The van der Waals surface area contributed by atoms with Crippen LogP contribution in [0.15, 0.2) is 28.8 Å². The predicted octanol–water partition coefficient (Wildman–Crippen LogP) is 3.74. The van der Waals surface area contributed by atoms with Crippen LogP contribution in [0.3, 0.4) is 0 Å². The number of halogens is 4. The van der Waals surface area contributed by atoms with Gasteiger partial charge in [0.1, 0.15) is 11.5 Å². The van der Waals surface area contributed by atoms with Crippen LogP contribution in [-0.4, -0.2) is 26.3 Å². The minimum absolute atomic E-state index is 0.215. The van der Waals surface area contributed by atoms with Gasteiger partial charge in [0.05, 0.1) is 6.54 Å². The van der Waals surface area contributed by atoms with Crippen LogP contribution in [0.5, 0.6) is 0 Å². The zero-order chi connectivity index (χ0) is 15.9. The molecule has 8 heteroatoms. The van der Waals surface area contributed by atoms with E-state index in [1.54, 1.807) is 12.1 Å². The lowest BCUT2D eigenvalue weighted by Crippen LogP contribution is -2.42. The zero-order valence-corrected chi connectivity index (χ0v) is 13.4. The van der Waals surface area contributed by atoms with Crippen molar-refractivity contribution in [2.45, 2.75) is 16.8 Å². The van der Waals surface area contributed by atoms with Gasteiger partial charge in [0.25, 0.3) is 9.70 Å². The predicted molar refractivity (Wildman–Crippen MR) is 81.3 cm³/mol. The third kappa shape index (κ3) is 2.93. The Bertz CT molecular complexity index is 710. The number of nitrogens with zero attached hydrogens (tertiary/aromatic N) is 2. The first kappa shape index (κ1) is 15.6. The van der Waals surface area contributed by atoms with Crippen LogP contribution in [0.1, 0.15) is 11.3 Å². The lowest BCUT2D eigenvalue weighted by Gasteiger charge is -2.28. The maximum Gasteiger partial charge on any atom is 0.275 e. The molecule has 0 atom stereocenters. The van der Waals surface area contributed by atoms with Gasteiger partial charge in [0.15, 0.2) is 5.76 Å². The van der Waals surface area contributed by atoms with Crippen LogP contribution in [0, 0.1) is 5.82 Å². The van der Waals surface area contributed by atoms with Gasteiger partial charge in [-0.3, -0.25) is 4.79 Å². The topological polar surface area (TPSA) is 46.3 Å². The number of hydrogen-bond donors (Lipinski definition) is 0. The fourth-order valence-electron chi connectivity index (χ4n) is 2.41. The van der Waals surface area contributed by atoms with Gasteiger partial charge in [0, 0.05) is 17.7 Å². The molecule has 0 aliphatic carbocycles. The highest BCUT2D eigenvalue weighted by Crippen LogP contribution is 2.34. The van der Waals surface area contributed by atoms with Gasteiger partial charge in [0.2, 0.25) is 0 Å². The molecule has 0 saturated heterocycles. The number of fused-ring (bicyclic) bond motifs is 1. The highest BCUT2D eigenvalue weighted by molar-refractivity contribution is 6.76. The normalized spacial score (nSPS) is 14.8. The molecule has 116 valence electrons. The number of alkyl halides is 3. The van der Waals surface area contributed by atoms with Crippen molar-refractivity contribution < 1.29 is 13.7 Å². The van der Waals surface area contributed by atoms with E-state index < -0.39 is 9.70 Å². The number of carbonyl (C=O) groups excluding carboxylic acids is 1. The smallest absolute Gasteiger partial charge is 0.275 e. The van der Waals surface area contributed by atoms with E-state index in [4.69, 9.17) is 39.3 Å². The Balaban J connectivity index is 1.86. The van der Waals surface area contributed by atoms with Crippen molar-refractivity contribution in [2.75, 3.05) is 6.54 Å². The quantitative estimate of drug-likeness (QED) is 0.725. The summed E-state index contributed by atoms with van der Waals surface area (Å²) in [5, 5.41) is 3.98. The van der Waals surface area contributed by atoms with Gasteiger partial charge in [-0.1, -0.05) is 40.0 Å². The molecule has 0 fully saturated rings. The van der Waals surface area contributed by atoms with Gasteiger partial charge >= 0.3 is 0 Å². The molecule has 2 aromatic rings. The molecule has 0 saturated carbocycles. The van der Waals surface area contributed by atoms with Crippen molar-refractivity contribution in [3.8, 4) is 11.3 Å².